The summed E-state index contributed by atoms with van der Waals surface area (Å²) in [5.41, 5.74) is 0. The molecule has 2 bridgehead atoms. The summed E-state index contributed by atoms with van der Waals surface area (Å²) in [7, 11) is 0. The quantitative estimate of drug-likeness (QED) is 0.410. The van der Waals surface area contributed by atoms with E-state index in [1.54, 1.807) is 0 Å². The van der Waals surface area contributed by atoms with Gasteiger partial charge in [0.05, 0.1) is 6.61 Å². The fourth-order valence-corrected chi connectivity index (χ4v) is 1.49. The van der Waals surface area contributed by atoms with Crippen molar-refractivity contribution in [3.05, 3.63) is 0 Å². The van der Waals surface area contributed by atoms with E-state index in [0.29, 0.717) is 6.61 Å². The van der Waals surface area contributed by atoms with E-state index >= 15 is 0 Å². The second-order valence-corrected chi connectivity index (χ2v) is 2.75. The number of hydrogen-bond acceptors (Lipinski definition) is 4. The summed E-state index contributed by atoms with van der Waals surface area (Å²) in [6, 6.07) is 0. The van der Waals surface area contributed by atoms with E-state index in [-0.39, 0.29) is 30.4 Å². The SMILES string of the molecule is O=C1[C@@H]2CO[C@@H](O2)[C@@H]2O[C@H]12. The monoisotopic (exact) mass is 142 g/mol. The number of ketones is 1. The Kier molecular flexibility index (Phi) is 0.741. The zero-order valence-corrected chi connectivity index (χ0v) is 5.15. The highest BCUT2D eigenvalue weighted by Crippen LogP contribution is 2.38. The molecule has 0 unspecified atom stereocenters. The van der Waals surface area contributed by atoms with Crippen LogP contribution in [0.1, 0.15) is 0 Å². The third-order valence-electron chi connectivity index (χ3n) is 2.10. The van der Waals surface area contributed by atoms with Crippen LogP contribution in [0.4, 0.5) is 0 Å². The van der Waals surface area contributed by atoms with Gasteiger partial charge in [-0.1, -0.05) is 0 Å². The third kappa shape index (κ3) is 0.460. The molecule has 0 amide bonds. The van der Waals surface area contributed by atoms with Crippen LogP contribution in [0, 0.1) is 0 Å². The lowest BCUT2D eigenvalue weighted by atomic mass is 10.1. The number of epoxide rings is 1. The fraction of sp³-hybridized carbons (Fsp3) is 0.833. The molecular formula is C6H6O4. The molecule has 3 saturated heterocycles. The third-order valence-corrected chi connectivity index (χ3v) is 2.10. The van der Waals surface area contributed by atoms with Gasteiger partial charge >= 0.3 is 0 Å². The maximum absolute atomic E-state index is 11.1. The van der Waals surface area contributed by atoms with Crippen molar-refractivity contribution in [2.75, 3.05) is 6.61 Å². The Balaban J connectivity index is 1.98. The zero-order valence-electron chi connectivity index (χ0n) is 5.15. The number of hydrogen-bond donors (Lipinski definition) is 0. The normalized spacial score (nSPS) is 56.6. The smallest absolute Gasteiger partial charge is 0.195 e. The molecule has 4 heteroatoms. The van der Waals surface area contributed by atoms with E-state index < -0.39 is 0 Å². The minimum absolute atomic E-state index is 0.0544. The molecule has 0 spiro atoms. The predicted octanol–water partition coefficient (Wildman–Crippen LogP) is -0.922. The summed E-state index contributed by atoms with van der Waals surface area (Å²) in [6.45, 7) is 0.417. The molecule has 54 valence electrons. The first-order valence-corrected chi connectivity index (χ1v) is 3.32. The molecule has 0 aromatic carbocycles. The van der Waals surface area contributed by atoms with Crippen LogP contribution in [0.5, 0.6) is 0 Å². The van der Waals surface area contributed by atoms with Gasteiger partial charge in [-0.3, -0.25) is 4.79 Å². The first kappa shape index (κ1) is 5.23. The van der Waals surface area contributed by atoms with Crippen LogP contribution in [0.3, 0.4) is 0 Å². The van der Waals surface area contributed by atoms with Crippen molar-refractivity contribution in [3.8, 4) is 0 Å². The van der Waals surface area contributed by atoms with Crippen molar-refractivity contribution in [3.63, 3.8) is 0 Å². The van der Waals surface area contributed by atoms with Crippen LogP contribution in [0.25, 0.3) is 0 Å². The van der Waals surface area contributed by atoms with Gasteiger partial charge < -0.3 is 14.2 Å². The lowest BCUT2D eigenvalue weighted by Gasteiger charge is -2.11. The van der Waals surface area contributed by atoms with Crippen LogP contribution in [0.2, 0.25) is 0 Å². The molecule has 3 aliphatic heterocycles. The first-order chi connectivity index (χ1) is 4.86. The lowest BCUT2D eigenvalue weighted by Crippen LogP contribution is -2.35. The van der Waals surface area contributed by atoms with E-state index in [2.05, 4.69) is 0 Å². The van der Waals surface area contributed by atoms with Gasteiger partial charge in [-0.25, -0.2) is 0 Å². The molecule has 3 heterocycles. The van der Waals surface area contributed by atoms with Gasteiger partial charge in [-0.2, -0.15) is 0 Å². The molecule has 10 heavy (non-hydrogen) atoms. The Morgan fingerprint density at radius 2 is 2.30 bits per heavy atom. The Morgan fingerprint density at radius 1 is 1.40 bits per heavy atom. The van der Waals surface area contributed by atoms with Crippen molar-refractivity contribution in [1.29, 1.82) is 0 Å². The fourth-order valence-electron chi connectivity index (χ4n) is 1.49. The second-order valence-electron chi connectivity index (χ2n) is 2.75. The van der Waals surface area contributed by atoms with Crippen molar-refractivity contribution in [2.24, 2.45) is 0 Å². The molecule has 4 atom stereocenters. The van der Waals surface area contributed by atoms with Gasteiger partial charge in [0.1, 0.15) is 12.2 Å². The van der Waals surface area contributed by atoms with Crippen molar-refractivity contribution < 1.29 is 19.0 Å². The van der Waals surface area contributed by atoms with E-state index in [4.69, 9.17) is 14.2 Å². The highest BCUT2D eigenvalue weighted by atomic mass is 16.8. The zero-order chi connectivity index (χ0) is 6.72. The maximum Gasteiger partial charge on any atom is 0.195 e. The standard InChI is InChI=1S/C6H6O4/c7-3-2-1-8-6(9-2)5-4(3)10-5/h2,4-6H,1H2/t2-,4+,5+,6-/m0/s1. The van der Waals surface area contributed by atoms with Crippen LogP contribution in [-0.4, -0.2) is 37.0 Å². The summed E-state index contributed by atoms with van der Waals surface area (Å²) < 4.78 is 15.3. The van der Waals surface area contributed by atoms with Crippen LogP contribution in [-0.2, 0) is 19.0 Å². The maximum atomic E-state index is 11.1. The summed E-state index contributed by atoms with van der Waals surface area (Å²) in [4.78, 5) is 11.1. The molecule has 0 saturated carbocycles. The predicted molar refractivity (Wildman–Crippen MR) is 28.3 cm³/mol. The first-order valence-electron chi connectivity index (χ1n) is 3.32. The summed E-state index contributed by atoms with van der Waals surface area (Å²) in [6.07, 6.45) is -0.890. The second kappa shape index (κ2) is 1.42. The van der Waals surface area contributed by atoms with Crippen molar-refractivity contribution in [1.82, 2.24) is 0 Å². The van der Waals surface area contributed by atoms with Gasteiger partial charge in [0.25, 0.3) is 0 Å². The molecule has 3 aliphatic rings. The summed E-state index contributed by atoms with van der Waals surface area (Å²) in [5, 5.41) is 0. The number of rotatable bonds is 0. The van der Waals surface area contributed by atoms with E-state index in [9.17, 15) is 4.79 Å². The summed E-state index contributed by atoms with van der Waals surface area (Å²) >= 11 is 0. The molecule has 3 rings (SSSR count). The average molecular weight is 142 g/mol. The van der Waals surface area contributed by atoms with Gasteiger partial charge in [0.15, 0.2) is 18.2 Å². The van der Waals surface area contributed by atoms with E-state index in [1.165, 1.54) is 0 Å². The van der Waals surface area contributed by atoms with Crippen molar-refractivity contribution >= 4 is 5.78 Å². The van der Waals surface area contributed by atoms with E-state index in [0.717, 1.165) is 0 Å². The largest absolute Gasteiger partial charge is 0.356 e. The Bertz CT molecular complexity index is 202. The molecule has 3 fully saturated rings. The molecule has 4 nitrogen and oxygen atoms in total. The average Bonchev–Trinajstić information content (AvgIpc) is 2.61. The minimum Gasteiger partial charge on any atom is -0.356 e. The Morgan fingerprint density at radius 3 is 3.20 bits per heavy atom. The Labute approximate surface area is 57.0 Å². The van der Waals surface area contributed by atoms with Gasteiger partial charge in [0, 0.05) is 0 Å². The van der Waals surface area contributed by atoms with Crippen LogP contribution >= 0.6 is 0 Å². The molecule has 0 radical (unpaired) electrons. The summed E-state index contributed by atoms with van der Waals surface area (Å²) in [5.74, 6) is 0.0544. The molecule has 0 aromatic heterocycles. The number of Topliss-reactive ketones (excluding diaryl/α,β-unsaturated/α-hetero) is 1. The highest BCUT2D eigenvalue weighted by Gasteiger charge is 2.61. The van der Waals surface area contributed by atoms with Gasteiger partial charge in [-0.05, 0) is 0 Å². The topological polar surface area (TPSA) is 48.1 Å². The van der Waals surface area contributed by atoms with E-state index in [1.807, 2.05) is 0 Å². The Hall–Kier alpha value is -0.450. The molecule has 0 aliphatic carbocycles. The van der Waals surface area contributed by atoms with Crippen LogP contribution < -0.4 is 0 Å². The number of ether oxygens (including phenoxy) is 3. The van der Waals surface area contributed by atoms with Crippen LogP contribution in [0.15, 0.2) is 0 Å². The number of carbonyl (C=O) groups is 1. The van der Waals surface area contributed by atoms with Gasteiger partial charge in [0.2, 0.25) is 0 Å². The van der Waals surface area contributed by atoms with Crippen molar-refractivity contribution in [2.45, 2.75) is 24.6 Å². The minimum atomic E-state index is -0.339. The molecule has 0 aromatic rings. The molecular weight excluding hydrogens is 136 g/mol. The number of carbonyl (C=O) groups excluding carboxylic acids is 1. The number of fused-ring (bicyclic) bond motifs is 4. The lowest BCUT2D eigenvalue weighted by molar-refractivity contribution is -0.136. The molecule has 0 N–H and O–H groups in total. The van der Waals surface area contributed by atoms with Gasteiger partial charge in [-0.15, -0.1) is 0 Å². The highest BCUT2D eigenvalue weighted by molar-refractivity contribution is 5.91.